The third-order valence-electron chi connectivity index (χ3n) is 10.1. The van der Waals surface area contributed by atoms with Crippen LogP contribution in [0.25, 0.3) is 0 Å². The van der Waals surface area contributed by atoms with E-state index in [2.05, 4.69) is 5.32 Å². The van der Waals surface area contributed by atoms with E-state index in [0.29, 0.717) is 42.9 Å². The Balaban J connectivity index is 1.44. The van der Waals surface area contributed by atoms with Crippen LogP contribution in [0.1, 0.15) is 67.3 Å². The zero-order chi connectivity index (χ0) is 32.7. The number of carbonyl (C=O) groups is 4. The number of esters is 1. The number of morpholine rings is 1. The van der Waals surface area contributed by atoms with Crippen molar-refractivity contribution in [3.8, 4) is 5.75 Å². The molecular formula is C33H40N2O10S. The summed E-state index contributed by atoms with van der Waals surface area (Å²) >= 11 is 1.71. The Morgan fingerprint density at radius 2 is 1.85 bits per heavy atom. The Bertz CT molecular complexity index is 1490. The van der Waals surface area contributed by atoms with E-state index in [0.717, 1.165) is 25.7 Å². The predicted octanol–water partition coefficient (Wildman–Crippen LogP) is 2.65. The number of thioether (sulfide) groups is 1. The van der Waals surface area contributed by atoms with E-state index < -0.39 is 76.4 Å². The van der Waals surface area contributed by atoms with Crippen LogP contribution in [0.15, 0.2) is 40.9 Å². The number of ether oxygens (including phenoxy) is 2. The Labute approximate surface area is 270 Å². The molecule has 1 aromatic carbocycles. The van der Waals surface area contributed by atoms with Gasteiger partial charge in [0.1, 0.15) is 28.9 Å². The van der Waals surface area contributed by atoms with Crippen molar-refractivity contribution in [1.82, 2.24) is 10.2 Å². The van der Waals surface area contributed by atoms with Crippen molar-refractivity contribution in [2.24, 2.45) is 11.8 Å². The van der Waals surface area contributed by atoms with Crippen molar-refractivity contribution in [2.75, 3.05) is 38.7 Å². The second-order valence-electron chi connectivity index (χ2n) is 12.6. The van der Waals surface area contributed by atoms with Crippen molar-refractivity contribution in [3.05, 3.63) is 52.0 Å². The number of amides is 1. The van der Waals surface area contributed by atoms with Crippen molar-refractivity contribution in [3.63, 3.8) is 0 Å². The highest BCUT2D eigenvalue weighted by molar-refractivity contribution is 7.99. The van der Waals surface area contributed by atoms with Crippen LogP contribution in [0.5, 0.6) is 5.75 Å². The van der Waals surface area contributed by atoms with Gasteiger partial charge in [0.15, 0.2) is 11.4 Å². The molecule has 1 saturated heterocycles. The first-order valence-corrected chi connectivity index (χ1v) is 17.0. The van der Waals surface area contributed by atoms with Gasteiger partial charge in [-0.25, -0.2) is 0 Å². The number of hydrogen-bond donors (Lipinski definition) is 5. The Morgan fingerprint density at radius 1 is 1.13 bits per heavy atom. The minimum Gasteiger partial charge on any atom is -0.511 e. The molecule has 2 fully saturated rings. The second-order valence-corrected chi connectivity index (χ2v) is 14.0. The summed E-state index contributed by atoms with van der Waals surface area (Å²) in [6.45, 7) is 3.66. The summed E-state index contributed by atoms with van der Waals surface area (Å²) in [6, 6.07) is 4.70. The van der Waals surface area contributed by atoms with Crippen molar-refractivity contribution in [1.29, 1.82) is 0 Å². The van der Waals surface area contributed by atoms with Crippen molar-refractivity contribution in [2.45, 2.75) is 68.3 Å². The number of nitrogens with zero attached hydrogens (tertiary/aromatic N) is 1. The van der Waals surface area contributed by atoms with Gasteiger partial charge >= 0.3 is 5.97 Å². The van der Waals surface area contributed by atoms with Gasteiger partial charge in [-0.05, 0) is 24.5 Å². The largest absolute Gasteiger partial charge is 0.511 e. The third-order valence-corrected chi connectivity index (χ3v) is 11.5. The number of fused-ring (bicyclic) bond motifs is 3. The lowest BCUT2D eigenvalue weighted by atomic mass is 9.56. The minimum absolute atomic E-state index is 0.0445. The SMILES string of the molecule is CCC(=O)O[C@H]1[C@H]2C(=C(O)[C@]3(O)C(=O)C(C(=O)NCN4CCOCC4)=C(O)C[C@H]13)C(=O)c1c(O)cccc1[C@@H]2CSC1CCCC1. The first-order valence-electron chi connectivity index (χ1n) is 16.0. The molecule has 46 heavy (non-hydrogen) atoms. The summed E-state index contributed by atoms with van der Waals surface area (Å²) in [7, 11) is 0. The smallest absolute Gasteiger partial charge is 0.305 e. The van der Waals surface area contributed by atoms with Gasteiger partial charge in [0.05, 0.1) is 25.4 Å². The van der Waals surface area contributed by atoms with E-state index in [1.807, 2.05) is 4.90 Å². The molecule has 5 N–H and O–H groups in total. The lowest BCUT2D eigenvalue weighted by Crippen LogP contribution is -2.63. The molecule has 12 nitrogen and oxygen atoms in total. The number of nitrogens with one attached hydrogen (secondary N) is 1. The van der Waals surface area contributed by atoms with Crippen LogP contribution >= 0.6 is 11.8 Å². The number of aromatic hydroxyl groups is 1. The van der Waals surface area contributed by atoms with Crippen molar-refractivity contribution >= 4 is 35.2 Å². The van der Waals surface area contributed by atoms with Gasteiger partial charge in [-0.15, -0.1) is 0 Å². The number of Topliss-reactive ketones (excluding diaryl/α,β-unsaturated/α-hetero) is 2. The predicted molar refractivity (Wildman–Crippen MR) is 166 cm³/mol. The normalized spacial score (nSPS) is 30.1. The lowest BCUT2D eigenvalue weighted by Gasteiger charge is -2.51. The van der Waals surface area contributed by atoms with E-state index in [9.17, 15) is 39.6 Å². The molecule has 0 spiro atoms. The van der Waals surface area contributed by atoms with Gasteiger partial charge in [0.25, 0.3) is 5.91 Å². The molecule has 4 aliphatic carbocycles. The average molecular weight is 657 g/mol. The molecule has 13 heteroatoms. The molecule has 0 aromatic heterocycles. The number of benzene rings is 1. The number of rotatable bonds is 8. The standard InChI is InChI=1S/C33H40N2O10S/c1-2-23(38)45-29-20-14-22(37)26(32(42)34-16-35-10-12-44-13-11-35)30(40)33(20,43)31(41)27-25(29)19(15-46-17-6-3-4-7-17)18-8-5-9-21(36)24(18)28(27)39/h5,8-9,17,19-20,25,29,36-37,41,43H,2-4,6-7,10-16H2,1H3,(H,34,42)/t19-,20+,25+,29+,33+/m0/s1. The van der Waals surface area contributed by atoms with E-state index in [1.165, 1.54) is 6.07 Å². The summed E-state index contributed by atoms with van der Waals surface area (Å²) < 4.78 is 11.2. The first kappa shape index (κ1) is 32.5. The number of ketones is 2. The lowest BCUT2D eigenvalue weighted by molar-refractivity contribution is -0.174. The molecule has 0 unspecified atom stereocenters. The summed E-state index contributed by atoms with van der Waals surface area (Å²) in [6.07, 6.45) is 2.44. The Kier molecular flexibility index (Phi) is 9.21. The second kappa shape index (κ2) is 13.0. The molecule has 1 aliphatic heterocycles. The highest BCUT2D eigenvalue weighted by atomic mass is 32.2. The Hall–Kier alpha value is -3.39. The fourth-order valence-corrected chi connectivity index (χ4v) is 9.17. The number of carbonyl (C=O) groups excluding carboxylic acids is 4. The van der Waals surface area contributed by atoms with Gasteiger partial charge < -0.3 is 35.2 Å². The van der Waals surface area contributed by atoms with Crippen LogP contribution in [0.2, 0.25) is 0 Å². The maximum absolute atomic E-state index is 14.2. The van der Waals surface area contributed by atoms with Gasteiger partial charge in [0.2, 0.25) is 5.78 Å². The zero-order valence-electron chi connectivity index (χ0n) is 25.7. The summed E-state index contributed by atoms with van der Waals surface area (Å²) in [5.41, 5.74) is -3.46. The van der Waals surface area contributed by atoms with E-state index in [4.69, 9.17) is 9.47 Å². The zero-order valence-corrected chi connectivity index (χ0v) is 26.5. The molecule has 5 aliphatic rings. The highest BCUT2D eigenvalue weighted by Crippen LogP contribution is 2.56. The molecule has 1 saturated carbocycles. The molecule has 0 radical (unpaired) electrons. The fraction of sp³-hybridized carbons (Fsp3) is 0.576. The fourth-order valence-electron chi connectivity index (χ4n) is 7.64. The van der Waals surface area contributed by atoms with Gasteiger partial charge in [0, 0.05) is 60.3 Å². The molecule has 1 amide bonds. The number of allylic oxidation sites excluding steroid dienone is 1. The van der Waals surface area contributed by atoms with Gasteiger partial charge in [-0.3, -0.25) is 24.1 Å². The molecule has 6 rings (SSSR count). The minimum atomic E-state index is -2.86. The molecule has 248 valence electrons. The maximum Gasteiger partial charge on any atom is 0.305 e. The number of phenolic OH excluding ortho intramolecular Hbond substituents is 1. The average Bonchev–Trinajstić information content (AvgIpc) is 3.57. The topological polar surface area (TPSA) is 183 Å². The summed E-state index contributed by atoms with van der Waals surface area (Å²) in [5.74, 6) is -8.07. The molecular weight excluding hydrogens is 616 g/mol. The number of aliphatic hydroxyl groups is 3. The third kappa shape index (κ3) is 5.50. The number of aliphatic hydroxyl groups excluding tert-OH is 2. The van der Waals surface area contributed by atoms with Crippen molar-refractivity contribution < 1.29 is 49.1 Å². The van der Waals surface area contributed by atoms with Crippen LogP contribution in [0.3, 0.4) is 0 Å². The summed E-state index contributed by atoms with van der Waals surface area (Å²) in [5, 5.41) is 49.0. The van der Waals surface area contributed by atoms with Gasteiger partial charge in [-0.1, -0.05) is 31.9 Å². The van der Waals surface area contributed by atoms with Crippen LogP contribution in [0.4, 0.5) is 0 Å². The van der Waals surface area contributed by atoms with E-state index in [1.54, 1.807) is 30.8 Å². The quantitative estimate of drug-likeness (QED) is 0.204. The van der Waals surface area contributed by atoms with Crippen LogP contribution in [-0.2, 0) is 23.9 Å². The van der Waals surface area contributed by atoms with Crippen LogP contribution < -0.4 is 5.32 Å². The number of hydrogen-bond acceptors (Lipinski definition) is 12. The van der Waals surface area contributed by atoms with E-state index in [-0.39, 0.29) is 30.0 Å². The summed E-state index contributed by atoms with van der Waals surface area (Å²) in [4.78, 5) is 56.3. The number of phenols is 1. The molecule has 5 atom stereocenters. The monoisotopic (exact) mass is 656 g/mol. The first-order chi connectivity index (χ1) is 22.1. The van der Waals surface area contributed by atoms with Crippen LogP contribution in [-0.4, -0.2) is 104 Å². The maximum atomic E-state index is 14.2. The highest BCUT2D eigenvalue weighted by Gasteiger charge is 2.66. The van der Waals surface area contributed by atoms with Crippen LogP contribution in [0, 0.1) is 11.8 Å². The Morgan fingerprint density at radius 3 is 2.54 bits per heavy atom. The molecule has 1 heterocycles. The molecule has 1 aromatic rings. The molecule has 0 bridgehead atoms. The van der Waals surface area contributed by atoms with E-state index >= 15 is 0 Å². The van der Waals surface area contributed by atoms with Gasteiger partial charge in [-0.2, -0.15) is 11.8 Å².